The number of amides is 1. The molecule has 29 heavy (non-hydrogen) atoms. The van der Waals surface area contributed by atoms with Crippen LogP contribution >= 0.6 is 11.3 Å². The number of anilines is 1. The normalized spacial score (nSPS) is 17.5. The lowest BCUT2D eigenvalue weighted by Crippen LogP contribution is -2.43. The van der Waals surface area contributed by atoms with Gasteiger partial charge in [0.15, 0.2) is 10.9 Å². The second-order valence-corrected chi connectivity index (χ2v) is 9.36. The minimum absolute atomic E-state index is 0.156. The van der Waals surface area contributed by atoms with Crippen LogP contribution < -0.4 is 5.32 Å². The maximum Gasteiger partial charge on any atom is 0.246 e. The van der Waals surface area contributed by atoms with Crippen molar-refractivity contribution in [3.63, 3.8) is 0 Å². The van der Waals surface area contributed by atoms with Crippen molar-refractivity contribution < 1.29 is 22.0 Å². The van der Waals surface area contributed by atoms with E-state index in [-0.39, 0.29) is 6.54 Å². The summed E-state index contributed by atoms with van der Waals surface area (Å²) in [7, 11) is -4.13. The molecule has 7 nitrogen and oxygen atoms in total. The Kier molecular flexibility index (Phi) is 5.24. The summed E-state index contributed by atoms with van der Waals surface area (Å²) in [5.74, 6) is 0.0122. The molecular weight excluding hydrogens is 417 g/mol. The van der Waals surface area contributed by atoms with Gasteiger partial charge in [0.25, 0.3) is 0 Å². The molecule has 1 N–H and O–H groups in total. The Bertz CT molecular complexity index is 1160. The van der Waals surface area contributed by atoms with Crippen molar-refractivity contribution in [2.75, 3.05) is 11.9 Å². The number of sulfonamides is 1. The Hall–Kier alpha value is -2.56. The van der Waals surface area contributed by atoms with Gasteiger partial charge >= 0.3 is 0 Å². The molecule has 0 radical (unpaired) electrons. The Morgan fingerprint density at radius 2 is 2.10 bits per heavy atom. The van der Waals surface area contributed by atoms with E-state index >= 15 is 0 Å². The minimum Gasteiger partial charge on any atom is -0.460 e. The first-order chi connectivity index (χ1) is 13.9. The fraction of sp³-hybridized carbons (Fsp3) is 0.263. The summed E-state index contributed by atoms with van der Waals surface area (Å²) in [5, 5.41) is 4.76. The zero-order valence-corrected chi connectivity index (χ0v) is 17.1. The van der Waals surface area contributed by atoms with Crippen molar-refractivity contribution in [2.45, 2.75) is 30.7 Å². The van der Waals surface area contributed by atoms with Crippen molar-refractivity contribution in [3.05, 3.63) is 53.4 Å². The van der Waals surface area contributed by atoms with Gasteiger partial charge in [0.2, 0.25) is 15.9 Å². The highest BCUT2D eigenvalue weighted by Crippen LogP contribution is 2.30. The van der Waals surface area contributed by atoms with E-state index in [1.807, 2.05) is 13.0 Å². The van der Waals surface area contributed by atoms with Crippen LogP contribution in [0.2, 0.25) is 0 Å². The zero-order chi connectivity index (χ0) is 20.6. The second-order valence-electron chi connectivity index (χ2n) is 6.64. The van der Waals surface area contributed by atoms with Crippen molar-refractivity contribution in [2.24, 2.45) is 0 Å². The molecule has 0 bridgehead atoms. The Morgan fingerprint density at radius 1 is 1.31 bits per heavy atom. The van der Waals surface area contributed by atoms with Crippen LogP contribution in [0.4, 0.5) is 9.52 Å². The number of rotatable bonds is 5. The Balaban J connectivity index is 1.53. The molecule has 2 aromatic heterocycles. The van der Waals surface area contributed by atoms with Crippen molar-refractivity contribution in [3.8, 4) is 11.5 Å². The summed E-state index contributed by atoms with van der Waals surface area (Å²) in [6, 6.07) is 7.85. The van der Waals surface area contributed by atoms with Gasteiger partial charge in [-0.2, -0.15) is 4.31 Å². The van der Waals surface area contributed by atoms with Crippen LogP contribution in [0.1, 0.15) is 18.6 Å². The molecule has 0 spiro atoms. The number of carbonyl (C=O) groups excluding carboxylic acids is 1. The van der Waals surface area contributed by atoms with E-state index in [1.54, 1.807) is 11.4 Å². The summed E-state index contributed by atoms with van der Waals surface area (Å²) >= 11 is 1.22. The molecule has 1 fully saturated rings. The van der Waals surface area contributed by atoms with Gasteiger partial charge in [-0.05, 0) is 44.0 Å². The first-order valence-corrected chi connectivity index (χ1v) is 11.3. The average molecular weight is 436 g/mol. The number of aryl methyl sites for hydroxylation is 1. The first kappa shape index (κ1) is 19.7. The topological polar surface area (TPSA) is 92.5 Å². The molecule has 1 aliphatic rings. The van der Waals surface area contributed by atoms with E-state index in [0.717, 1.165) is 16.1 Å². The number of nitrogens with one attached hydrogen (secondary N) is 1. The number of furan rings is 1. The average Bonchev–Trinajstić information content (AvgIpc) is 3.42. The number of benzene rings is 1. The van der Waals surface area contributed by atoms with Gasteiger partial charge in [-0.3, -0.25) is 4.79 Å². The number of thiazole rings is 1. The molecular formula is C19H18FN3O4S2. The molecule has 152 valence electrons. The lowest BCUT2D eigenvalue weighted by atomic mass is 10.2. The molecule has 1 atom stereocenters. The van der Waals surface area contributed by atoms with E-state index in [2.05, 4.69) is 10.3 Å². The van der Waals surface area contributed by atoms with Crippen LogP contribution in [0.25, 0.3) is 11.5 Å². The maximum absolute atomic E-state index is 14.1. The van der Waals surface area contributed by atoms with Crippen LogP contribution in [0.5, 0.6) is 0 Å². The van der Waals surface area contributed by atoms with E-state index in [1.165, 1.54) is 29.5 Å². The Morgan fingerprint density at radius 3 is 2.83 bits per heavy atom. The van der Waals surface area contributed by atoms with Crippen molar-refractivity contribution >= 4 is 32.4 Å². The predicted octanol–water partition coefficient (Wildman–Crippen LogP) is 3.64. The van der Waals surface area contributed by atoms with Gasteiger partial charge in [-0.15, -0.1) is 11.3 Å². The number of carbonyl (C=O) groups is 1. The van der Waals surface area contributed by atoms with Gasteiger partial charge in [0.1, 0.15) is 28.2 Å². The minimum atomic E-state index is -4.13. The first-order valence-electron chi connectivity index (χ1n) is 8.96. The van der Waals surface area contributed by atoms with Crippen molar-refractivity contribution in [1.29, 1.82) is 0 Å². The van der Waals surface area contributed by atoms with E-state index in [0.29, 0.717) is 29.4 Å². The molecule has 3 heterocycles. The van der Waals surface area contributed by atoms with Gasteiger partial charge < -0.3 is 9.73 Å². The molecule has 0 unspecified atom stereocenters. The van der Waals surface area contributed by atoms with E-state index in [4.69, 9.17) is 4.42 Å². The monoisotopic (exact) mass is 435 g/mol. The largest absolute Gasteiger partial charge is 0.460 e. The molecule has 4 rings (SSSR count). The summed E-state index contributed by atoms with van der Waals surface area (Å²) < 4.78 is 46.4. The maximum atomic E-state index is 14.1. The fourth-order valence-electron chi connectivity index (χ4n) is 3.28. The number of hydrogen-bond acceptors (Lipinski definition) is 6. The predicted molar refractivity (Wildman–Crippen MR) is 106 cm³/mol. The van der Waals surface area contributed by atoms with Gasteiger partial charge in [0.05, 0.1) is 0 Å². The van der Waals surface area contributed by atoms with E-state index < -0.39 is 32.7 Å². The molecule has 1 aromatic carbocycles. The molecule has 3 aromatic rings. The van der Waals surface area contributed by atoms with Gasteiger partial charge in [0, 0.05) is 11.9 Å². The van der Waals surface area contributed by atoms with Crippen LogP contribution in [0.15, 0.2) is 51.1 Å². The lowest BCUT2D eigenvalue weighted by Gasteiger charge is -2.23. The lowest BCUT2D eigenvalue weighted by molar-refractivity contribution is -0.119. The molecule has 10 heteroatoms. The number of nitrogens with zero attached hydrogens (tertiary/aromatic N) is 2. The van der Waals surface area contributed by atoms with Crippen LogP contribution in [0, 0.1) is 12.7 Å². The number of halogens is 1. The molecule has 1 amide bonds. The quantitative estimate of drug-likeness (QED) is 0.661. The molecule has 0 aliphatic carbocycles. The van der Waals surface area contributed by atoms with Gasteiger partial charge in [-0.1, -0.05) is 12.1 Å². The smallest absolute Gasteiger partial charge is 0.246 e. The van der Waals surface area contributed by atoms with Crippen molar-refractivity contribution in [1.82, 2.24) is 9.29 Å². The molecule has 1 saturated heterocycles. The summed E-state index contributed by atoms with van der Waals surface area (Å²) in [5.41, 5.74) is 0.584. The highest BCUT2D eigenvalue weighted by molar-refractivity contribution is 7.89. The number of hydrogen-bond donors (Lipinski definition) is 1. The third-order valence-electron chi connectivity index (χ3n) is 4.66. The number of aromatic nitrogens is 1. The van der Waals surface area contributed by atoms with Gasteiger partial charge in [-0.25, -0.2) is 17.8 Å². The molecule has 1 aliphatic heterocycles. The third kappa shape index (κ3) is 3.83. The third-order valence-corrected chi connectivity index (χ3v) is 7.36. The highest BCUT2D eigenvalue weighted by atomic mass is 32.2. The molecule has 0 saturated carbocycles. The summed E-state index contributed by atoms with van der Waals surface area (Å²) in [4.78, 5) is 16.7. The summed E-state index contributed by atoms with van der Waals surface area (Å²) in [6.45, 7) is 1.98. The summed E-state index contributed by atoms with van der Waals surface area (Å²) in [6.07, 6.45) is 0.871. The highest BCUT2D eigenvalue weighted by Gasteiger charge is 2.40. The standard InChI is InChI=1S/C19H18FN3O4S2/c1-12-8-9-16(27-12)14-11-28-19(21-14)22-18(24)15-6-4-10-23(15)29(25,26)17-7-3-2-5-13(17)20/h2-3,5,7-9,11,15H,4,6,10H2,1H3,(H,21,22,24)/t15-/m1/s1. The zero-order valence-electron chi connectivity index (χ0n) is 15.5. The Labute approximate surface area is 171 Å². The van der Waals surface area contributed by atoms with Crippen LogP contribution in [-0.4, -0.2) is 36.2 Å². The van der Waals surface area contributed by atoms with E-state index in [9.17, 15) is 17.6 Å². The van der Waals surface area contributed by atoms with Crippen LogP contribution in [0.3, 0.4) is 0 Å². The second kappa shape index (κ2) is 7.69. The fourth-order valence-corrected chi connectivity index (χ4v) is 5.70. The SMILES string of the molecule is Cc1ccc(-c2csc(NC(=O)[C@H]3CCCN3S(=O)(=O)c3ccccc3F)n2)o1. The van der Waals surface area contributed by atoms with Crippen LogP contribution in [-0.2, 0) is 14.8 Å².